The van der Waals surface area contributed by atoms with E-state index < -0.39 is 42.3 Å². The molecule has 2 fully saturated rings. The van der Waals surface area contributed by atoms with E-state index in [-0.39, 0.29) is 13.2 Å². The van der Waals surface area contributed by atoms with Crippen molar-refractivity contribution in [1.29, 1.82) is 0 Å². The molecule has 0 aromatic rings. The number of ether oxygens (including phenoxy) is 5. The standard InChI is InChI=1S/C16H20O8/c1-3-4-5-13(18)23-10-8-21-16-11(9-22-15(10)16)24-14(19)7-6-12(17)20-2/h4-7,10-11,15-16H,3,8-9H2,1-2H3/b5-4+,7-6+/t10?,11-,15+,16+/m0/s1. The van der Waals surface area contributed by atoms with Crippen molar-refractivity contribution in [2.75, 3.05) is 20.3 Å². The molecule has 0 aliphatic carbocycles. The third kappa shape index (κ3) is 4.65. The molecule has 0 aromatic heterocycles. The molecule has 8 nitrogen and oxygen atoms in total. The summed E-state index contributed by atoms with van der Waals surface area (Å²) in [5.41, 5.74) is 0. The van der Waals surface area contributed by atoms with Crippen LogP contribution in [-0.2, 0) is 38.1 Å². The Hall–Kier alpha value is -2.19. The molecule has 4 atom stereocenters. The number of hydrogen-bond acceptors (Lipinski definition) is 8. The van der Waals surface area contributed by atoms with Crippen LogP contribution in [0.4, 0.5) is 0 Å². The number of hydrogen-bond donors (Lipinski definition) is 0. The Bertz CT molecular complexity index is 538. The number of methoxy groups -OCH3 is 1. The predicted octanol–water partition coefficient (Wildman–Crippen LogP) is 0.303. The lowest BCUT2D eigenvalue weighted by Crippen LogP contribution is -2.35. The van der Waals surface area contributed by atoms with Crippen LogP contribution in [0.25, 0.3) is 0 Å². The monoisotopic (exact) mass is 340 g/mol. The highest BCUT2D eigenvalue weighted by molar-refractivity contribution is 5.91. The zero-order valence-corrected chi connectivity index (χ0v) is 13.5. The van der Waals surface area contributed by atoms with Gasteiger partial charge >= 0.3 is 17.9 Å². The second kappa shape index (κ2) is 8.60. The minimum Gasteiger partial charge on any atom is -0.466 e. The van der Waals surface area contributed by atoms with E-state index in [0.29, 0.717) is 0 Å². The van der Waals surface area contributed by atoms with Crippen molar-refractivity contribution in [2.24, 2.45) is 0 Å². The first-order chi connectivity index (χ1) is 11.5. The molecule has 132 valence electrons. The second-order valence-corrected chi connectivity index (χ2v) is 5.21. The maximum atomic E-state index is 11.7. The van der Waals surface area contributed by atoms with Crippen molar-refractivity contribution in [3.8, 4) is 0 Å². The number of carbonyl (C=O) groups is 3. The summed E-state index contributed by atoms with van der Waals surface area (Å²) in [5.74, 6) is -1.82. The molecule has 2 heterocycles. The Labute approximate surface area is 139 Å². The van der Waals surface area contributed by atoms with Gasteiger partial charge in [0.05, 0.1) is 20.3 Å². The van der Waals surface area contributed by atoms with E-state index in [4.69, 9.17) is 18.9 Å². The third-order valence-electron chi connectivity index (χ3n) is 3.54. The lowest BCUT2D eigenvalue weighted by Gasteiger charge is -2.16. The van der Waals surface area contributed by atoms with E-state index in [2.05, 4.69) is 4.74 Å². The smallest absolute Gasteiger partial charge is 0.331 e. The predicted molar refractivity (Wildman–Crippen MR) is 79.8 cm³/mol. The highest BCUT2D eigenvalue weighted by Crippen LogP contribution is 2.30. The molecule has 0 N–H and O–H groups in total. The van der Waals surface area contributed by atoms with Crippen molar-refractivity contribution in [1.82, 2.24) is 0 Å². The summed E-state index contributed by atoms with van der Waals surface area (Å²) in [6.07, 6.45) is 3.57. The van der Waals surface area contributed by atoms with Gasteiger partial charge in [0.1, 0.15) is 12.2 Å². The average Bonchev–Trinajstić information content (AvgIpc) is 3.14. The van der Waals surface area contributed by atoms with Crippen LogP contribution in [0.15, 0.2) is 24.3 Å². The minimum atomic E-state index is -0.704. The topological polar surface area (TPSA) is 97.4 Å². The largest absolute Gasteiger partial charge is 0.466 e. The molecule has 0 spiro atoms. The normalized spacial score (nSPS) is 28.9. The lowest BCUT2D eigenvalue weighted by molar-refractivity contribution is -0.149. The molecule has 2 rings (SSSR count). The molecule has 1 unspecified atom stereocenters. The minimum absolute atomic E-state index is 0.131. The van der Waals surface area contributed by atoms with E-state index in [0.717, 1.165) is 18.6 Å². The maximum Gasteiger partial charge on any atom is 0.331 e. The zero-order chi connectivity index (χ0) is 17.5. The molecular formula is C16H20O8. The van der Waals surface area contributed by atoms with Gasteiger partial charge in [0.15, 0.2) is 12.2 Å². The first-order valence-electron chi connectivity index (χ1n) is 7.62. The van der Waals surface area contributed by atoms with Gasteiger partial charge in [-0.3, -0.25) is 0 Å². The average molecular weight is 340 g/mol. The molecular weight excluding hydrogens is 320 g/mol. The molecule has 0 saturated carbocycles. The van der Waals surface area contributed by atoms with Crippen molar-refractivity contribution in [3.63, 3.8) is 0 Å². The van der Waals surface area contributed by atoms with Crippen molar-refractivity contribution >= 4 is 17.9 Å². The summed E-state index contributed by atoms with van der Waals surface area (Å²) in [5, 5.41) is 0. The Morgan fingerprint density at radius 3 is 1.92 bits per heavy atom. The molecule has 0 bridgehead atoms. The lowest BCUT2D eigenvalue weighted by atomic mass is 10.1. The van der Waals surface area contributed by atoms with Gasteiger partial charge in [-0.05, 0) is 6.42 Å². The third-order valence-corrected chi connectivity index (χ3v) is 3.54. The van der Waals surface area contributed by atoms with Crippen LogP contribution < -0.4 is 0 Å². The van der Waals surface area contributed by atoms with Gasteiger partial charge in [0, 0.05) is 18.2 Å². The second-order valence-electron chi connectivity index (χ2n) is 5.21. The van der Waals surface area contributed by atoms with Crippen LogP contribution in [0.5, 0.6) is 0 Å². The van der Waals surface area contributed by atoms with Gasteiger partial charge in [-0.15, -0.1) is 0 Å². The fraction of sp³-hybridized carbons (Fsp3) is 0.562. The quantitative estimate of drug-likeness (QED) is 0.387. The summed E-state index contributed by atoms with van der Waals surface area (Å²) >= 11 is 0. The van der Waals surface area contributed by atoms with Crippen LogP contribution in [0.1, 0.15) is 13.3 Å². The Kier molecular flexibility index (Phi) is 6.51. The molecule has 0 aromatic carbocycles. The summed E-state index contributed by atoms with van der Waals surface area (Å²) in [7, 11) is 1.21. The van der Waals surface area contributed by atoms with Crippen LogP contribution in [0.3, 0.4) is 0 Å². The van der Waals surface area contributed by atoms with Gasteiger partial charge in [-0.1, -0.05) is 13.0 Å². The molecule has 2 saturated heterocycles. The van der Waals surface area contributed by atoms with E-state index in [1.54, 1.807) is 6.08 Å². The molecule has 2 aliphatic heterocycles. The molecule has 24 heavy (non-hydrogen) atoms. The summed E-state index contributed by atoms with van der Waals surface area (Å²) in [6, 6.07) is 0. The number of allylic oxidation sites excluding steroid dienone is 1. The molecule has 0 amide bonds. The van der Waals surface area contributed by atoms with Crippen LogP contribution in [0.2, 0.25) is 0 Å². The van der Waals surface area contributed by atoms with Crippen LogP contribution in [-0.4, -0.2) is 62.6 Å². The van der Waals surface area contributed by atoms with Crippen molar-refractivity contribution in [2.45, 2.75) is 37.8 Å². The van der Waals surface area contributed by atoms with Gasteiger partial charge in [-0.2, -0.15) is 0 Å². The Morgan fingerprint density at radius 2 is 1.42 bits per heavy atom. The molecule has 2 aliphatic rings. The fourth-order valence-corrected chi connectivity index (χ4v) is 2.43. The number of carbonyl (C=O) groups excluding carboxylic acids is 3. The van der Waals surface area contributed by atoms with Crippen LogP contribution in [0, 0.1) is 0 Å². The summed E-state index contributed by atoms with van der Waals surface area (Å²) in [6.45, 7) is 2.21. The van der Waals surface area contributed by atoms with Gasteiger partial charge in [0.25, 0.3) is 0 Å². The fourth-order valence-electron chi connectivity index (χ4n) is 2.43. The van der Waals surface area contributed by atoms with Gasteiger partial charge in [-0.25, -0.2) is 14.4 Å². The van der Waals surface area contributed by atoms with E-state index in [9.17, 15) is 14.4 Å². The number of rotatable bonds is 6. The van der Waals surface area contributed by atoms with Gasteiger partial charge < -0.3 is 23.7 Å². The first kappa shape index (κ1) is 18.2. The summed E-state index contributed by atoms with van der Waals surface area (Å²) < 4.78 is 25.9. The van der Waals surface area contributed by atoms with Crippen molar-refractivity contribution in [3.05, 3.63) is 24.3 Å². The zero-order valence-electron chi connectivity index (χ0n) is 13.5. The van der Waals surface area contributed by atoms with Crippen molar-refractivity contribution < 1.29 is 38.1 Å². The van der Waals surface area contributed by atoms with E-state index in [1.807, 2.05) is 6.92 Å². The Morgan fingerprint density at radius 1 is 0.917 bits per heavy atom. The first-order valence-corrected chi connectivity index (χ1v) is 7.62. The SMILES string of the molecule is CC/C=C/C(=O)OC1CO[C@@H]2[C@@H](OC(=O)/C=C/C(=O)OC)CO[C@H]12. The van der Waals surface area contributed by atoms with Gasteiger partial charge in [0.2, 0.25) is 0 Å². The number of esters is 3. The molecule has 0 radical (unpaired) electrons. The molecule has 8 heteroatoms. The highest BCUT2D eigenvalue weighted by Gasteiger charge is 2.50. The highest BCUT2D eigenvalue weighted by atomic mass is 16.7. The van der Waals surface area contributed by atoms with E-state index >= 15 is 0 Å². The van der Waals surface area contributed by atoms with E-state index in [1.165, 1.54) is 13.2 Å². The number of fused-ring (bicyclic) bond motifs is 1. The summed E-state index contributed by atoms with van der Waals surface area (Å²) in [4.78, 5) is 34.2. The Balaban J connectivity index is 1.85. The maximum absolute atomic E-state index is 11.7. The van der Waals surface area contributed by atoms with Crippen LogP contribution >= 0.6 is 0 Å².